The Morgan fingerprint density at radius 3 is 2.20 bits per heavy atom. The van der Waals surface area contributed by atoms with Crippen LogP contribution in [0.5, 0.6) is 0 Å². The Morgan fingerprint density at radius 1 is 1.20 bits per heavy atom. The molecule has 2 unspecified atom stereocenters. The molecule has 15 heavy (non-hydrogen) atoms. The third-order valence-electron chi connectivity index (χ3n) is 2.09. The van der Waals surface area contributed by atoms with Gasteiger partial charge in [0.2, 0.25) is 0 Å². The lowest BCUT2D eigenvalue weighted by Gasteiger charge is -2.18. The van der Waals surface area contributed by atoms with E-state index in [-0.39, 0.29) is 6.61 Å². The minimum absolute atomic E-state index is 0.0630. The van der Waals surface area contributed by atoms with E-state index in [0.717, 1.165) is 0 Å². The molecule has 0 bridgehead atoms. The zero-order chi connectivity index (χ0) is 11.4. The van der Waals surface area contributed by atoms with Crippen molar-refractivity contribution in [3.05, 3.63) is 33.8 Å². The molecule has 0 aliphatic carbocycles. The number of nitrogens with two attached hydrogens (primary N) is 1. The fourth-order valence-corrected chi connectivity index (χ4v) is 1.84. The molecule has 3 nitrogen and oxygen atoms in total. The van der Waals surface area contributed by atoms with E-state index in [9.17, 15) is 5.11 Å². The molecule has 5 heteroatoms. The molecule has 84 valence electrons. The van der Waals surface area contributed by atoms with E-state index in [1.54, 1.807) is 18.2 Å². The molecule has 0 fully saturated rings. The number of hydrogen-bond donors (Lipinski definition) is 3. The van der Waals surface area contributed by atoms with Crippen molar-refractivity contribution in [3.63, 3.8) is 0 Å². The molecule has 2 atom stereocenters. The Hall–Kier alpha value is -0.320. The molecule has 0 saturated heterocycles. The minimum atomic E-state index is -0.867. The van der Waals surface area contributed by atoms with E-state index in [1.807, 2.05) is 0 Å². The molecule has 0 aliphatic rings. The predicted molar refractivity (Wildman–Crippen MR) is 61.1 cm³/mol. The maximum absolute atomic E-state index is 9.82. The van der Waals surface area contributed by atoms with E-state index in [1.165, 1.54) is 0 Å². The Labute approximate surface area is 98.4 Å². The quantitative estimate of drug-likeness (QED) is 0.762. The van der Waals surface area contributed by atoms with Gasteiger partial charge in [-0.2, -0.15) is 0 Å². The van der Waals surface area contributed by atoms with Crippen LogP contribution >= 0.6 is 23.2 Å². The van der Waals surface area contributed by atoms with E-state index in [0.29, 0.717) is 22.0 Å². The van der Waals surface area contributed by atoms with Crippen LogP contribution < -0.4 is 5.73 Å². The average molecular weight is 250 g/mol. The highest BCUT2D eigenvalue weighted by molar-refractivity contribution is 6.34. The lowest BCUT2D eigenvalue weighted by molar-refractivity contribution is 0.129. The smallest absolute Gasteiger partial charge is 0.0942 e. The maximum Gasteiger partial charge on any atom is 0.0942 e. The summed E-state index contributed by atoms with van der Waals surface area (Å²) in [7, 11) is 0. The summed E-state index contributed by atoms with van der Waals surface area (Å²) in [5.41, 5.74) is 6.23. The average Bonchev–Trinajstić information content (AvgIpc) is 2.15. The first-order chi connectivity index (χ1) is 7.04. The Bertz CT molecular complexity index is 313. The molecule has 0 aromatic heterocycles. The van der Waals surface area contributed by atoms with Crippen LogP contribution in [0, 0.1) is 0 Å². The standard InChI is InChI=1S/C10H13Cl2NO2/c11-7-3-6(4-8(12)5-7)10(15)9(13)1-2-14/h3-5,9-10,14-15H,1-2,13H2. The second kappa shape index (κ2) is 5.68. The highest BCUT2D eigenvalue weighted by atomic mass is 35.5. The number of aliphatic hydroxyl groups excluding tert-OH is 2. The van der Waals surface area contributed by atoms with Gasteiger partial charge in [0.1, 0.15) is 0 Å². The number of rotatable bonds is 4. The fraction of sp³-hybridized carbons (Fsp3) is 0.400. The monoisotopic (exact) mass is 249 g/mol. The Morgan fingerprint density at radius 2 is 1.73 bits per heavy atom. The summed E-state index contributed by atoms with van der Waals surface area (Å²) in [5, 5.41) is 19.4. The van der Waals surface area contributed by atoms with Gasteiger partial charge < -0.3 is 15.9 Å². The molecule has 1 rings (SSSR count). The fourth-order valence-electron chi connectivity index (χ4n) is 1.30. The summed E-state index contributed by atoms with van der Waals surface area (Å²) in [4.78, 5) is 0. The van der Waals surface area contributed by atoms with Crippen LogP contribution in [0.4, 0.5) is 0 Å². The second-order valence-electron chi connectivity index (χ2n) is 3.32. The van der Waals surface area contributed by atoms with E-state index in [2.05, 4.69) is 0 Å². The normalized spacial score (nSPS) is 15.0. The topological polar surface area (TPSA) is 66.5 Å². The largest absolute Gasteiger partial charge is 0.396 e. The molecule has 0 amide bonds. The molecule has 1 aromatic carbocycles. The van der Waals surface area contributed by atoms with Gasteiger partial charge in [-0.1, -0.05) is 23.2 Å². The molecular weight excluding hydrogens is 237 g/mol. The van der Waals surface area contributed by atoms with Gasteiger partial charge >= 0.3 is 0 Å². The lowest BCUT2D eigenvalue weighted by Crippen LogP contribution is -2.29. The van der Waals surface area contributed by atoms with Crippen molar-refractivity contribution in [1.29, 1.82) is 0 Å². The second-order valence-corrected chi connectivity index (χ2v) is 4.20. The molecule has 1 aromatic rings. The van der Waals surface area contributed by atoms with Crippen molar-refractivity contribution in [2.75, 3.05) is 6.61 Å². The highest BCUT2D eigenvalue weighted by Gasteiger charge is 2.17. The van der Waals surface area contributed by atoms with Crippen molar-refractivity contribution in [1.82, 2.24) is 0 Å². The molecule has 0 heterocycles. The summed E-state index contributed by atoms with van der Waals surface area (Å²) in [5.74, 6) is 0. The molecule has 4 N–H and O–H groups in total. The molecule has 0 saturated carbocycles. The van der Waals surface area contributed by atoms with Gasteiger partial charge in [-0.15, -0.1) is 0 Å². The number of halogens is 2. The molecular formula is C10H13Cl2NO2. The highest BCUT2D eigenvalue weighted by Crippen LogP contribution is 2.25. The summed E-state index contributed by atoms with van der Waals surface area (Å²) in [6.45, 7) is -0.0630. The van der Waals surface area contributed by atoms with Crippen molar-refractivity contribution in [3.8, 4) is 0 Å². The first-order valence-electron chi connectivity index (χ1n) is 4.55. The lowest BCUT2D eigenvalue weighted by atomic mass is 10.0. The summed E-state index contributed by atoms with van der Waals surface area (Å²) in [6, 6.07) is 4.27. The summed E-state index contributed by atoms with van der Waals surface area (Å²) in [6.07, 6.45) is -0.543. The first-order valence-corrected chi connectivity index (χ1v) is 5.30. The van der Waals surface area contributed by atoms with Crippen LogP contribution in [0.2, 0.25) is 10.0 Å². The Balaban J connectivity index is 2.85. The van der Waals surface area contributed by atoms with Crippen molar-refractivity contribution in [2.45, 2.75) is 18.6 Å². The van der Waals surface area contributed by atoms with Gasteiger partial charge in [0.25, 0.3) is 0 Å². The third kappa shape index (κ3) is 3.63. The predicted octanol–water partition coefficient (Wildman–Crippen LogP) is 1.74. The minimum Gasteiger partial charge on any atom is -0.396 e. The van der Waals surface area contributed by atoms with Crippen LogP contribution in [0.15, 0.2) is 18.2 Å². The van der Waals surface area contributed by atoms with Crippen LogP contribution in [0.3, 0.4) is 0 Å². The summed E-state index contributed by atoms with van der Waals surface area (Å²) >= 11 is 11.6. The SMILES string of the molecule is NC(CCO)C(O)c1cc(Cl)cc(Cl)c1. The van der Waals surface area contributed by atoms with Gasteiger partial charge in [0, 0.05) is 22.7 Å². The van der Waals surface area contributed by atoms with E-state index in [4.69, 9.17) is 34.0 Å². The maximum atomic E-state index is 9.82. The third-order valence-corrected chi connectivity index (χ3v) is 2.53. The van der Waals surface area contributed by atoms with E-state index >= 15 is 0 Å². The Kier molecular flexibility index (Phi) is 4.83. The van der Waals surface area contributed by atoms with Gasteiger partial charge in [-0.3, -0.25) is 0 Å². The molecule has 0 spiro atoms. The van der Waals surface area contributed by atoms with Gasteiger partial charge in [-0.25, -0.2) is 0 Å². The molecule has 0 radical (unpaired) electrons. The number of benzene rings is 1. The van der Waals surface area contributed by atoms with Crippen LogP contribution in [0.25, 0.3) is 0 Å². The van der Waals surface area contributed by atoms with Gasteiger partial charge in [0.05, 0.1) is 6.10 Å². The number of aliphatic hydroxyl groups is 2. The zero-order valence-corrected chi connectivity index (χ0v) is 9.54. The zero-order valence-electron chi connectivity index (χ0n) is 8.03. The number of hydrogen-bond acceptors (Lipinski definition) is 3. The molecule has 0 aliphatic heterocycles. The van der Waals surface area contributed by atoms with Crippen molar-refractivity contribution >= 4 is 23.2 Å². The van der Waals surface area contributed by atoms with Crippen LogP contribution in [-0.2, 0) is 0 Å². The van der Waals surface area contributed by atoms with Gasteiger partial charge in [-0.05, 0) is 30.2 Å². The van der Waals surface area contributed by atoms with Crippen LogP contribution in [-0.4, -0.2) is 22.9 Å². The summed E-state index contributed by atoms with van der Waals surface area (Å²) < 4.78 is 0. The first kappa shape index (κ1) is 12.7. The van der Waals surface area contributed by atoms with Gasteiger partial charge in [0.15, 0.2) is 0 Å². The van der Waals surface area contributed by atoms with Crippen molar-refractivity contribution in [2.24, 2.45) is 5.73 Å². The van der Waals surface area contributed by atoms with E-state index < -0.39 is 12.1 Å². The van der Waals surface area contributed by atoms with Crippen molar-refractivity contribution < 1.29 is 10.2 Å². The van der Waals surface area contributed by atoms with Crippen LogP contribution in [0.1, 0.15) is 18.1 Å².